The molecule has 0 saturated heterocycles. The number of likely N-dealkylation sites (N-methyl/N-ethyl adjacent to an activating group) is 1. The Kier molecular flexibility index (Phi) is 9.39. The number of hydrogen-bond donors (Lipinski definition) is 1. The van der Waals surface area contributed by atoms with Crippen LogP contribution in [0.4, 0.5) is 26.3 Å². The Labute approximate surface area is 225 Å². The third kappa shape index (κ3) is 8.57. The zero-order valence-electron chi connectivity index (χ0n) is 20.4. The van der Waals surface area contributed by atoms with Gasteiger partial charge in [0.05, 0.1) is 29.4 Å². The highest BCUT2D eigenvalue weighted by molar-refractivity contribution is 6.30. The van der Waals surface area contributed by atoms with E-state index in [2.05, 4.69) is 10.3 Å². The van der Waals surface area contributed by atoms with Crippen molar-refractivity contribution in [2.75, 3.05) is 7.05 Å². The highest BCUT2D eigenvalue weighted by Gasteiger charge is 2.38. The number of nitrogens with zero attached hydrogens (tertiary/aromatic N) is 2. The molecular weight excluding hydrogens is 548 g/mol. The molecule has 1 N–H and O–H groups in total. The van der Waals surface area contributed by atoms with E-state index in [0.717, 1.165) is 11.0 Å². The van der Waals surface area contributed by atoms with Gasteiger partial charge in [-0.05, 0) is 54.4 Å². The number of alkyl halides is 6. The first kappa shape index (κ1) is 29.7. The normalized spacial score (nSPS) is 12.8. The largest absolute Gasteiger partial charge is 0.416 e. The molecule has 1 unspecified atom stereocenters. The molecule has 206 valence electrons. The summed E-state index contributed by atoms with van der Waals surface area (Å²) in [5, 5.41) is 3.05. The molecule has 39 heavy (non-hydrogen) atoms. The molecule has 0 aliphatic heterocycles. The van der Waals surface area contributed by atoms with Gasteiger partial charge in [-0.2, -0.15) is 26.3 Å². The molecule has 0 saturated carbocycles. The standard InChI is InChI=1S/C27H22ClF6N3O2/c1-37(25(39)18-13-19(26(29,30)31)15-20(14-18)27(32,33)34)23(12-17-5-7-21(28)8-6-17)9-10-24(38)36-16-22-4-2-3-11-35-22/h2-11,13-15,23H,12,16H2,1H3,(H,36,38). The lowest BCUT2D eigenvalue weighted by Gasteiger charge is -2.27. The van der Waals surface area contributed by atoms with E-state index in [9.17, 15) is 35.9 Å². The molecule has 0 fully saturated rings. The minimum Gasteiger partial charge on any atom is -0.347 e. The van der Waals surface area contributed by atoms with Gasteiger partial charge < -0.3 is 10.2 Å². The van der Waals surface area contributed by atoms with Crippen LogP contribution in [0.2, 0.25) is 5.02 Å². The average Bonchev–Trinajstić information content (AvgIpc) is 2.89. The van der Waals surface area contributed by atoms with Gasteiger partial charge >= 0.3 is 12.4 Å². The van der Waals surface area contributed by atoms with Crippen LogP contribution >= 0.6 is 11.6 Å². The number of rotatable bonds is 8. The van der Waals surface area contributed by atoms with Crippen LogP contribution < -0.4 is 5.32 Å². The first-order chi connectivity index (χ1) is 18.2. The van der Waals surface area contributed by atoms with Crippen molar-refractivity contribution in [1.82, 2.24) is 15.2 Å². The fourth-order valence-electron chi connectivity index (χ4n) is 3.57. The fourth-order valence-corrected chi connectivity index (χ4v) is 3.69. The number of benzene rings is 2. The monoisotopic (exact) mass is 569 g/mol. The van der Waals surface area contributed by atoms with E-state index in [1.165, 1.54) is 13.1 Å². The minimum atomic E-state index is -5.11. The van der Waals surface area contributed by atoms with Crippen molar-refractivity contribution in [3.63, 3.8) is 0 Å². The van der Waals surface area contributed by atoms with Crippen molar-refractivity contribution in [3.05, 3.63) is 112 Å². The second-order valence-electron chi connectivity index (χ2n) is 8.51. The van der Waals surface area contributed by atoms with E-state index in [1.807, 2.05) is 0 Å². The first-order valence-electron chi connectivity index (χ1n) is 11.4. The zero-order chi connectivity index (χ0) is 28.8. The van der Waals surface area contributed by atoms with Crippen LogP contribution in [0.15, 0.2) is 79.0 Å². The summed E-state index contributed by atoms with van der Waals surface area (Å²) in [7, 11) is 1.23. The molecule has 3 rings (SSSR count). The second-order valence-corrected chi connectivity index (χ2v) is 8.94. The predicted octanol–water partition coefficient (Wildman–Crippen LogP) is 6.33. The molecule has 2 aromatic carbocycles. The van der Waals surface area contributed by atoms with Gasteiger partial charge in [-0.25, -0.2) is 0 Å². The van der Waals surface area contributed by atoms with Crippen LogP contribution in [0, 0.1) is 0 Å². The zero-order valence-corrected chi connectivity index (χ0v) is 21.1. The van der Waals surface area contributed by atoms with Crippen LogP contribution in [-0.4, -0.2) is 34.8 Å². The fraction of sp³-hybridized carbons (Fsp3) is 0.222. The second kappa shape index (κ2) is 12.3. The van der Waals surface area contributed by atoms with Gasteiger partial charge in [-0.3, -0.25) is 14.6 Å². The number of carbonyl (C=O) groups excluding carboxylic acids is 2. The van der Waals surface area contributed by atoms with Crippen LogP contribution in [0.25, 0.3) is 0 Å². The molecule has 1 aromatic heterocycles. The quantitative estimate of drug-likeness (QED) is 0.255. The van der Waals surface area contributed by atoms with Crippen molar-refractivity contribution < 1.29 is 35.9 Å². The van der Waals surface area contributed by atoms with Crippen molar-refractivity contribution in [1.29, 1.82) is 0 Å². The Morgan fingerprint density at radius 3 is 2.13 bits per heavy atom. The first-order valence-corrected chi connectivity index (χ1v) is 11.8. The number of amides is 2. The summed E-state index contributed by atoms with van der Waals surface area (Å²) < 4.78 is 79.9. The van der Waals surface area contributed by atoms with Gasteiger partial charge in [0.2, 0.25) is 5.91 Å². The van der Waals surface area contributed by atoms with Crippen LogP contribution in [0.5, 0.6) is 0 Å². The Hall–Kier alpha value is -3.86. The lowest BCUT2D eigenvalue weighted by molar-refractivity contribution is -0.143. The lowest BCUT2D eigenvalue weighted by Crippen LogP contribution is -2.38. The average molecular weight is 570 g/mol. The summed E-state index contributed by atoms with van der Waals surface area (Å²) in [5.74, 6) is -1.63. The number of aromatic nitrogens is 1. The van der Waals surface area contributed by atoms with Crippen molar-refractivity contribution in [2.45, 2.75) is 31.4 Å². The number of nitrogens with one attached hydrogen (secondary N) is 1. The van der Waals surface area contributed by atoms with E-state index in [0.29, 0.717) is 28.4 Å². The Morgan fingerprint density at radius 1 is 0.974 bits per heavy atom. The summed E-state index contributed by atoms with van der Waals surface area (Å²) in [4.78, 5) is 30.6. The van der Waals surface area contributed by atoms with E-state index in [-0.39, 0.29) is 19.0 Å². The molecule has 0 aliphatic carbocycles. The molecule has 1 heterocycles. The smallest absolute Gasteiger partial charge is 0.347 e. The maximum absolute atomic E-state index is 13.3. The third-order valence-electron chi connectivity index (χ3n) is 5.65. The van der Waals surface area contributed by atoms with Crippen molar-refractivity contribution in [2.24, 2.45) is 0 Å². The summed E-state index contributed by atoms with van der Waals surface area (Å²) in [6.45, 7) is 0.116. The van der Waals surface area contributed by atoms with Crippen molar-refractivity contribution >= 4 is 23.4 Å². The third-order valence-corrected chi connectivity index (χ3v) is 5.90. The summed E-state index contributed by atoms with van der Waals surface area (Å²) in [6.07, 6.45) is -6.09. The number of halogens is 7. The van der Waals surface area contributed by atoms with E-state index < -0.39 is 46.9 Å². The van der Waals surface area contributed by atoms with E-state index >= 15 is 0 Å². The molecular formula is C27H22ClF6N3O2. The molecule has 0 spiro atoms. The number of hydrogen-bond acceptors (Lipinski definition) is 3. The molecule has 2 amide bonds. The highest BCUT2D eigenvalue weighted by atomic mass is 35.5. The van der Waals surface area contributed by atoms with Gasteiger partial charge in [-0.1, -0.05) is 35.9 Å². The summed E-state index contributed by atoms with van der Waals surface area (Å²) in [6, 6.07) is 11.4. The molecule has 0 aliphatic rings. The Bertz CT molecular complexity index is 1290. The van der Waals surface area contributed by atoms with Gasteiger partial charge in [-0.15, -0.1) is 0 Å². The Balaban J connectivity index is 1.89. The number of carbonyl (C=O) groups is 2. The Morgan fingerprint density at radius 2 is 1.59 bits per heavy atom. The molecule has 0 bridgehead atoms. The van der Waals surface area contributed by atoms with Crippen LogP contribution in [-0.2, 0) is 30.1 Å². The topological polar surface area (TPSA) is 62.3 Å². The lowest BCUT2D eigenvalue weighted by atomic mass is 10.0. The maximum atomic E-state index is 13.3. The van der Waals surface area contributed by atoms with Gasteiger partial charge in [0.1, 0.15) is 0 Å². The molecule has 1 atom stereocenters. The maximum Gasteiger partial charge on any atom is 0.416 e. The van der Waals surface area contributed by atoms with Crippen LogP contribution in [0.1, 0.15) is 32.7 Å². The summed E-state index contributed by atoms with van der Waals surface area (Å²) in [5.41, 5.74) is -2.76. The molecule has 12 heteroatoms. The van der Waals surface area contributed by atoms with Crippen molar-refractivity contribution in [3.8, 4) is 0 Å². The van der Waals surface area contributed by atoms with Crippen LogP contribution in [0.3, 0.4) is 0 Å². The van der Waals surface area contributed by atoms with Gasteiger partial charge in [0, 0.05) is 29.9 Å². The van der Waals surface area contributed by atoms with E-state index in [1.54, 1.807) is 48.7 Å². The van der Waals surface area contributed by atoms with Gasteiger partial charge in [0.25, 0.3) is 5.91 Å². The number of pyridine rings is 1. The predicted molar refractivity (Wildman–Crippen MR) is 133 cm³/mol. The van der Waals surface area contributed by atoms with E-state index in [4.69, 9.17) is 11.6 Å². The molecule has 0 radical (unpaired) electrons. The minimum absolute atomic E-state index is 0.0478. The summed E-state index contributed by atoms with van der Waals surface area (Å²) >= 11 is 5.91. The molecule has 3 aromatic rings. The molecule has 5 nitrogen and oxygen atoms in total. The highest BCUT2D eigenvalue weighted by Crippen LogP contribution is 2.36. The SMILES string of the molecule is CN(C(=O)c1cc(C(F)(F)F)cc(C(F)(F)F)c1)C(C=CC(=O)NCc1ccccn1)Cc1ccc(Cl)cc1. The van der Waals surface area contributed by atoms with Gasteiger partial charge in [0.15, 0.2) is 0 Å².